The molecule has 0 aliphatic rings. The normalized spacial score (nSPS) is 11.4. The maximum absolute atomic E-state index is 12.0. The van der Waals surface area contributed by atoms with Crippen LogP contribution in [0.1, 0.15) is 56.1 Å². The highest BCUT2D eigenvalue weighted by molar-refractivity contribution is 5.93. The average Bonchev–Trinajstić information content (AvgIpc) is 2.74. The van der Waals surface area contributed by atoms with Gasteiger partial charge in [-0.25, -0.2) is 14.8 Å². The molecule has 0 saturated carbocycles. The summed E-state index contributed by atoms with van der Waals surface area (Å²) < 4.78 is 10.2. The summed E-state index contributed by atoms with van der Waals surface area (Å²) in [6.07, 6.45) is 2.50. The zero-order chi connectivity index (χ0) is 22.4. The molecule has 0 aliphatic heterocycles. The third-order valence-corrected chi connectivity index (χ3v) is 4.67. The molecule has 6 heteroatoms. The van der Waals surface area contributed by atoms with E-state index in [9.17, 15) is 9.59 Å². The van der Waals surface area contributed by atoms with Crippen LogP contribution in [0.3, 0.4) is 0 Å². The van der Waals surface area contributed by atoms with Crippen LogP contribution < -0.4 is 0 Å². The van der Waals surface area contributed by atoms with E-state index in [2.05, 4.69) is 0 Å². The minimum absolute atomic E-state index is 0.192. The number of nitrogens with zero attached hydrogens (tertiary/aromatic N) is 2. The minimum Gasteiger partial charge on any atom is -0.465 e. The fraction of sp³-hybridized carbons (Fsp3) is 0.360. The van der Waals surface area contributed by atoms with E-state index >= 15 is 0 Å². The van der Waals surface area contributed by atoms with Crippen LogP contribution in [0.2, 0.25) is 0 Å². The molecule has 6 nitrogen and oxygen atoms in total. The van der Waals surface area contributed by atoms with Gasteiger partial charge in [0.05, 0.1) is 35.1 Å². The quantitative estimate of drug-likeness (QED) is 0.389. The van der Waals surface area contributed by atoms with Crippen molar-refractivity contribution < 1.29 is 19.1 Å². The van der Waals surface area contributed by atoms with E-state index in [1.54, 1.807) is 18.2 Å². The number of rotatable bonds is 7. The smallest absolute Gasteiger partial charge is 0.337 e. The topological polar surface area (TPSA) is 78.4 Å². The van der Waals surface area contributed by atoms with Gasteiger partial charge in [-0.05, 0) is 58.2 Å². The number of hydrogen-bond donors (Lipinski definition) is 0. The Hall–Kier alpha value is -3.28. The van der Waals surface area contributed by atoms with Gasteiger partial charge in [-0.1, -0.05) is 30.3 Å². The zero-order valence-electron chi connectivity index (χ0n) is 18.5. The number of ether oxygens (including phenoxy) is 2. The molecule has 2 aromatic carbocycles. The van der Waals surface area contributed by atoms with E-state index < -0.39 is 11.6 Å². The number of carbonyl (C=O) groups excluding carboxylic acids is 2. The molecule has 0 aliphatic carbocycles. The number of aromatic nitrogens is 2. The first kappa shape index (κ1) is 22.4. The number of aryl methyl sites for hydroxylation is 1. The monoisotopic (exact) mass is 420 g/mol. The number of benzene rings is 2. The number of carbonyl (C=O) groups is 2. The Morgan fingerprint density at radius 2 is 1.68 bits per heavy atom. The van der Waals surface area contributed by atoms with Crippen LogP contribution in [-0.2, 0) is 20.7 Å². The number of hydrogen-bond acceptors (Lipinski definition) is 6. The lowest BCUT2D eigenvalue weighted by Gasteiger charge is -2.19. The van der Waals surface area contributed by atoms with Crippen molar-refractivity contribution in [3.63, 3.8) is 0 Å². The molecule has 0 atom stereocenters. The molecule has 0 saturated heterocycles. The van der Waals surface area contributed by atoms with Gasteiger partial charge < -0.3 is 9.47 Å². The summed E-state index contributed by atoms with van der Waals surface area (Å²) in [6.45, 7) is 5.60. The lowest BCUT2D eigenvalue weighted by Crippen LogP contribution is -2.23. The Morgan fingerprint density at radius 3 is 2.35 bits per heavy atom. The van der Waals surface area contributed by atoms with Gasteiger partial charge in [-0.15, -0.1) is 0 Å². The average molecular weight is 421 g/mol. The van der Waals surface area contributed by atoms with E-state index in [1.165, 1.54) is 7.11 Å². The first-order valence-corrected chi connectivity index (χ1v) is 10.4. The SMILES string of the molecule is COC(=O)c1ccc2nc(-c3ccccc3)c(CCCCC(=O)OC(C)(C)C)nc2c1. The van der Waals surface area contributed by atoms with Crippen molar-refractivity contribution >= 4 is 23.0 Å². The standard InChI is InChI=1S/C25H28N2O4/c1-25(2,3)31-22(28)13-9-8-12-20-23(17-10-6-5-7-11-17)27-19-15-14-18(24(29)30-4)16-21(19)26-20/h5-7,10-11,14-16H,8-9,12-13H2,1-4H3. The van der Waals surface area contributed by atoms with Crippen molar-refractivity contribution in [3.8, 4) is 11.3 Å². The lowest BCUT2D eigenvalue weighted by molar-refractivity contribution is -0.154. The van der Waals surface area contributed by atoms with Gasteiger partial charge in [0, 0.05) is 12.0 Å². The van der Waals surface area contributed by atoms with E-state index in [4.69, 9.17) is 19.4 Å². The van der Waals surface area contributed by atoms with Crippen molar-refractivity contribution in [2.75, 3.05) is 7.11 Å². The first-order chi connectivity index (χ1) is 14.8. The van der Waals surface area contributed by atoms with Gasteiger partial charge in [-0.2, -0.15) is 0 Å². The van der Waals surface area contributed by atoms with Gasteiger partial charge in [0.1, 0.15) is 5.60 Å². The van der Waals surface area contributed by atoms with Crippen molar-refractivity contribution in [2.45, 2.75) is 52.1 Å². The molecule has 162 valence electrons. The zero-order valence-corrected chi connectivity index (χ0v) is 18.5. The maximum atomic E-state index is 12.0. The number of methoxy groups -OCH3 is 1. The predicted octanol–water partition coefficient (Wildman–Crippen LogP) is 5.14. The Bertz CT molecular complexity index is 1070. The summed E-state index contributed by atoms with van der Waals surface area (Å²) in [4.78, 5) is 33.5. The fourth-order valence-corrected chi connectivity index (χ4v) is 3.29. The Kier molecular flexibility index (Phi) is 7.00. The van der Waals surface area contributed by atoms with Crippen LogP contribution >= 0.6 is 0 Å². The molecule has 31 heavy (non-hydrogen) atoms. The molecule has 0 spiro atoms. The molecule has 3 rings (SSSR count). The predicted molar refractivity (Wildman–Crippen MR) is 120 cm³/mol. The molecule has 0 unspecified atom stereocenters. The van der Waals surface area contributed by atoms with Crippen LogP contribution in [0.15, 0.2) is 48.5 Å². The molecule has 1 heterocycles. The van der Waals surface area contributed by atoms with Gasteiger partial charge >= 0.3 is 11.9 Å². The molecule has 3 aromatic rings. The molecule has 0 fully saturated rings. The molecular formula is C25H28N2O4. The van der Waals surface area contributed by atoms with Crippen molar-refractivity contribution in [1.29, 1.82) is 0 Å². The van der Waals surface area contributed by atoms with Crippen LogP contribution in [0.5, 0.6) is 0 Å². The van der Waals surface area contributed by atoms with E-state index in [1.807, 2.05) is 51.1 Å². The van der Waals surface area contributed by atoms with Crippen molar-refractivity contribution in [2.24, 2.45) is 0 Å². The number of esters is 2. The van der Waals surface area contributed by atoms with Crippen LogP contribution in [0, 0.1) is 0 Å². The minimum atomic E-state index is -0.473. The van der Waals surface area contributed by atoms with Gasteiger partial charge in [0.2, 0.25) is 0 Å². The van der Waals surface area contributed by atoms with E-state index in [0.29, 0.717) is 35.9 Å². The molecule has 0 radical (unpaired) electrons. The molecule has 0 bridgehead atoms. The molecule has 0 N–H and O–H groups in total. The molecule has 1 aromatic heterocycles. The number of unbranched alkanes of at least 4 members (excludes halogenated alkanes) is 1. The van der Waals surface area contributed by atoms with E-state index in [0.717, 1.165) is 23.4 Å². The number of fused-ring (bicyclic) bond motifs is 1. The summed E-state index contributed by atoms with van der Waals surface area (Å²) in [5, 5.41) is 0. The summed E-state index contributed by atoms with van der Waals surface area (Å²) in [5.74, 6) is -0.599. The summed E-state index contributed by atoms with van der Waals surface area (Å²) in [7, 11) is 1.35. The van der Waals surface area contributed by atoms with Gasteiger partial charge in [-0.3, -0.25) is 4.79 Å². The summed E-state index contributed by atoms with van der Waals surface area (Å²) in [5.41, 5.74) is 3.96. The van der Waals surface area contributed by atoms with Crippen LogP contribution in [0.4, 0.5) is 0 Å². The highest BCUT2D eigenvalue weighted by Gasteiger charge is 2.17. The van der Waals surface area contributed by atoms with Crippen LogP contribution in [0.25, 0.3) is 22.3 Å². The second kappa shape index (κ2) is 9.69. The molecule has 0 amide bonds. The maximum Gasteiger partial charge on any atom is 0.337 e. The largest absolute Gasteiger partial charge is 0.465 e. The highest BCUT2D eigenvalue weighted by atomic mass is 16.6. The van der Waals surface area contributed by atoms with Gasteiger partial charge in [0.15, 0.2) is 0 Å². The third kappa shape index (κ3) is 6.10. The van der Waals surface area contributed by atoms with Crippen LogP contribution in [-0.4, -0.2) is 34.6 Å². The second-order valence-electron chi connectivity index (χ2n) is 8.37. The Morgan fingerprint density at radius 1 is 0.935 bits per heavy atom. The second-order valence-corrected chi connectivity index (χ2v) is 8.37. The van der Waals surface area contributed by atoms with Gasteiger partial charge in [0.25, 0.3) is 0 Å². The molecular weight excluding hydrogens is 392 g/mol. The lowest BCUT2D eigenvalue weighted by atomic mass is 10.0. The third-order valence-electron chi connectivity index (χ3n) is 4.67. The van der Waals surface area contributed by atoms with E-state index in [-0.39, 0.29) is 5.97 Å². The highest BCUT2D eigenvalue weighted by Crippen LogP contribution is 2.25. The van der Waals surface area contributed by atoms with Crippen molar-refractivity contribution in [3.05, 3.63) is 59.8 Å². The first-order valence-electron chi connectivity index (χ1n) is 10.4. The Labute approximate surface area is 182 Å². The summed E-state index contributed by atoms with van der Waals surface area (Å²) in [6, 6.07) is 15.1. The fourth-order valence-electron chi connectivity index (χ4n) is 3.29. The van der Waals surface area contributed by atoms with Crippen molar-refractivity contribution in [1.82, 2.24) is 9.97 Å². The Balaban J connectivity index is 1.84. The summed E-state index contributed by atoms with van der Waals surface area (Å²) >= 11 is 0.